The molecule has 1 aromatic carbocycles. The summed E-state index contributed by atoms with van der Waals surface area (Å²) in [7, 11) is 1.66. The number of fused-ring (bicyclic) bond motifs is 5. The summed E-state index contributed by atoms with van der Waals surface area (Å²) in [5, 5.41) is 1.08. The molecule has 3 amide bonds. The number of urea groups is 1. The summed E-state index contributed by atoms with van der Waals surface area (Å²) in [4.78, 5) is 33.5. The number of hydrogen-bond donors (Lipinski definition) is 1. The molecule has 0 spiro atoms. The molecule has 3 aliphatic rings. The van der Waals surface area contributed by atoms with Crippen LogP contribution in [0.15, 0.2) is 18.2 Å². The Morgan fingerprint density at radius 3 is 2.70 bits per heavy atom. The average Bonchev–Trinajstić information content (AvgIpc) is 3.16. The predicted octanol–water partition coefficient (Wildman–Crippen LogP) is 3.54. The Bertz CT molecular complexity index is 944. The lowest BCUT2D eigenvalue weighted by atomic mass is 9.86. The second-order valence-corrected chi connectivity index (χ2v) is 8.11. The van der Waals surface area contributed by atoms with Gasteiger partial charge in [-0.3, -0.25) is 9.69 Å². The van der Waals surface area contributed by atoms with Gasteiger partial charge < -0.3 is 14.6 Å². The number of rotatable bonds is 2. The Balaban J connectivity index is 1.62. The molecule has 6 nitrogen and oxygen atoms in total. The van der Waals surface area contributed by atoms with Crippen molar-refractivity contribution < 1.29 is 14.3 Å². The SMILES string of the molecule is COc1ccc2[nH]c3c(c2c1)CCN1C(=O)N(C2CCCCC2)C(=O)C31C. The highest BCUT2D eigenvalue weighted by Gasteiger charge is 2.59. The van der Waals surface area contributed by atoms with Gasteiger partial charge in [-0.15, -0.1) is 0 Å². The highest BCUT2D eigenvalue weighted by molar-refractivity contribution is 6.08. The second-order valence-electron chi connectivity index (χ2n) is 8.11. The fraction of sp³-hybridized carbons (Fsp3) is 0.524. The van der Waals surface area contributed by atoms with E-state index in [0.717, 1.165) is 60.0 Å². The Kier molecular flexibility index (Phi) is 3.55. The van der Waals surface area contributed by atoms with E-state index in [2.05, 4.69) is 4.98 Å². The maximum Gasteiger partial charge on any atom is 0.328 e. The molecule has 2 aliphatic heterocycles. The van der Waals surface area contributed by atoms with Crippen LogP contribution in [-0.2, 0) is 16.8 Å². The van der Waals surface area contributed by atoms with Crippen LogP contribution in [0.2, 0.25) is 0 Å². The smallest absolute Gasteiger partial charge is 0.328 e. The summed E-state index contributed by atoms with van der Waals surface area (Å²) < 4.78 is 5.38. The van der Waals surface area contributed by atoms with E-state index in [-0.39, 0.29) is 18.0 Å². The van der Waals surface area contributed by atoms with Gasteiger partial charge in [0, 0.05) is 23.5 Å². The molecule has 142 valence electrons. The molecule has 1 aromatic heterocycles. The molecular formula is C21H25N3O3. The third kappa shape index (κ3) is 2.12. The fourth-order valence-corrected chi connectivity index (χ4v) is 5.23. The van der Waals surface area contributed by atoms with E-state index in [1.807, 2.05) is 25.1 Å². The molecule has 5 rings (SSSR count). The number of aromatic amines is 1. The quantitative estimate of drug-likeness (QED) is 0.826. The third-order valence-electron chi connectivity index (χ3n) is 6.74. The van der Waals surface area contributed by atoms with Gasteiger partial charge >= 0.3 is 6.03 Å². The molecule has 2 aromatic rings. The van der Waals surface area contributed by atoms with Crippen LogP contribution < -0.4 is 4.74 Å². The molecule has 2 fully saturated rings. The van der Waals surface area contributed by atoms with E-state index >= 15 is 0 Å². The van der Waals surface area contributed by atoms with Crippen LogP contribution in [0.5, 0.6) is 5.75 Å². The Morgan fingerprint density at radius 2 is 1.96 bits per heavy atom. The van der Waals surface area contributed by atoms with Gasteiger partial charge in [0.1, 0.15) is 5.75 Å². The zero-order valence-corrected chi connectivity index (χ0v) is 15.9. The van der Waals surface area contributed by atoms with E-state index in [1.165, 1.54) is 6.42 Å². The molecule has 1 atom stereocenters. The first-order valence-corrected chi connectivity index (χ1v) is 9.90. The molecule has 0 radical (unpaired) electrons. The van der Waals surface area contributed by atoms with Crippen molar-refractivity contribution in [2.24, 2.45) is 0 Å². The Morgan fingerprint density at radius 1 is 1.19 bits per heavy atom. The van der Waals surface area contributed by atoms with Crippen molar-refractivity contribution in [3.63, 3.8) is 0 Å². The normalized spacial score (nSPS) is 25.9. The highest BCUT2D eigenvalue weighted by Crippen LogP contribution is 2.46. The molecule has 1 N–H and O–H groups in total. The number of methoxy groups -OCH3 is 1. The van der Waals surface area contributed by atoms with Gasteiger partial charge in [-0.05, 0) is 49.9 Å². The van der Waals surface area contributed by atoms with Crippen LogP contribution in [0.25, 0.3) is 10.9 Å². The minimum Gasteiger partial charge on any atom is -0.497 e. The summed E-state index contributed by atoms with van der Waals surface area (Å²) in [5.74, 6) is 0.730. The van der Waals surface area contributed by atoms with E-state index in [1.54, 1.807) is 16.9 Å². The van der Waals surface area contributed by atoms with Crippen molar-refractivity contribution >= 4 is 22.8 Å². The maximum atomic E-state index is 13.6. The van der Waals surface area contributed by atoms with Gasteiger partial charge in [0.2, 0.25) is 0 Å². The first-order valence-electron chi connectivity index (χ1n) is 9.90. The number of H-pyrrole nitrogens is 1. The number of nitrogens with zero attached hydrogens (tertiary/aromatic N) is 2. The number of carbonyl (C=O) groups excluding carboxylic acids is 2. The minimum atomic E-state index is -0.936. The van der Waals surface area contributed by atoms with E-state index in [4.69, 9.17) is 4.74 Å². The summed E-state index contributed by atoms with van der Waals surface area (Å²) in [5.41, 5.74) is 2.05. The van der Waals surface area contributed by atoms with Crippen molar-refractivity contribution in [1.82, 2.24) is 14.8 Å². The highest BCUT2D eigenvalue weighted by atomic mass is 16.5. The first-order chi connectivity index (χ1) is 13.1. The number of aromatic nitrogens is 1. The first kappa shape index (κ1) is 16.7. The van der Waals surface area contributed by atoms with Gasteiger partial charge in [0.25, 0.3) is 5.91 Å². The largest absolute Gasteiger partial charge is 0.497 e. The number of benzene rings is 1. The number of imide groups is 1. The molecule has 0 bridgehead atoms. The van der Waals surface area contributed by atoms with Gasteiger partial charge in [-0.2, -0.15) is 0 Å². The van der Waals surface area contributed by atoms with Gasteiger partial charge in [-0.25, -0.2) is 4.79 Å². The molecule has 6 heteroatoms. The van der Waals surface area contributed by atoms with Gasteiger partial charge in [0.05, 0.1) is 12.8 Å². The fourth-order valence-electron chi connectivity index (χ4n) is 5.23. The van der Waals surface area contributed by atoms with Crippen LogP contribution >= 0.6 is 0 Å². The van der Waals surface area contributed by atoms with Gasteiger partial charge in [-0.1, -0.05) is 19.3 Å². The standard InChI is InChI=1S/C21H25N3O3/c1-21-18-15(16-12-14(27-2)8-9-17(16)22-18)10-11-23(21)20(26)24(19(21)25)13-6-4-3-5-7-13/h8-9,12-13,22H,3-7,10-11H2,1-2H3. The molecular weight excluding hydrogens is 342 g/mol. The van der Waals surface area contributed by atoms with E-state index in [0.29, 0.717) is 6.54 Å². The summed E-state index contributed by atoms with van der Waals surface area (Å²) >= 11 is 0. The van der Waals surface area contributed by atoms with E-state index in [9.17, 15) is 9.59 Å². The number of nitrogens with one attached hydrogen (secondary N) is 1. The van der Waals surface area contributed by atoms with Gasteiger partial charge in [0.15, 0.2) is 5.54 Å². The van der Waals surface area contributed by atoms with Crippen LogP contribution in [0.3, 0.4) is 0 Å². The summed E-state index contributed by atoms with van der Waals surface area (Å²) in [6.45, 7) is 2.47. The van der Waals surface area contributed by atoms with Crippen LogP contribution in [-0.4, -0.2) is 46.4 Å². The van der Waals surface area contributed by atoms with Crippen molar-refractivity contribution in [3.8, 4) is 5.75 Å². The predicted molar refractivity (Wildman–Crippen MR) is 102 cm³/mol. The summed E-state index contributed by atoms with van der Waals surface area (Å²) in [6.07, 6.45) is 5.99. The number of ether oxygens (including phenoxy) is 1. The Labute approximate surface area is 158 Å². The lowest BCUT2D eigenvalue weighted by Gasteiger charge is -2.36. The zero-order chi connectivity index (χ0) is 18.8. The van der Waals surface area contributed by atoms with E-state index < -0.39 is 5.54 Å². The molecule has 1 saturated heterocycles. The number of carbonyl (C=O) groups is 2. The lowest BCUT2D eigenvalue weighted by molar-refractivity contribution is -0.135. The minimum absolute atomic E-state index is 0.0501. The monoisotopic (exact) mass is 367 g/mol. The number of amides is 3. The lowest BCUT2D eigenvalue weighted by Crippen LogP contribution is -2.49. The summed E-state index contributed by atoms with van der Waals surface area (Å²) in [6, 6.07) is 5.86. The molecule has 1 unspecified atom stereocenters. The number of hydrogen-bond acceptors (Lipinski definition) is 3. The van der Waals surface area contributed by atoms with Crippen LogP contribution in [0.4, 0.5) is 4.79 Å². The topological polar surface area (TPSA) is 65.6 Å². The third-order valence-corrected chi connectivity index (χ3v) is 6.74. The Hall–Kier alpha value is -2.50. The second kappa shape index (κ2) is 5.75. The molecule has 1 saturated carbocycles. The molecule has 3 heterocycles. The maximum absolute atomic E-state index is 13.6. The average molecular weight is 367 g/mol. The molecule has 27 heavy (non-hydrogen) atoms. The van der Waals surface area contributed by atoms with Crippen molar-refractivity contribution in [1.29, 1.82) is 0 Å². The van der Waals surface area contributed by atoms with Crippen molar-refractivity contribution in [3.05, 3.63) is 29.5 Å². The zero-order valence-electron chi connectivity index (χ0n) is 15.9. The van der Waals surface area contributed by atoms with Crippen molar-refractivity contribution in [2.75, 3.05) is 13.7 Å². The van der Waals surface area contributed by atoms with Crippen LogP contribution in [0.1, 0.15) is 50.3 Å². The molecule has 1 aliphatic carbocycles. The van der Waals surface area contributed by atoms with Crippen molar-refractivity contribution in [2.45, 2.75) is 57.0 Å². The van der Waals surface area contributed by atoms with Crippen LogP contribution in [0, 0.1) is 0 Å².